The zero-order valence-electron chi connectivity index (χ0n) is 8.88. The maximum absolute atomic E-state index is 5.37. The maximum atomic E-state index is 5.37. The van der Waals surface area contributed by atoms with Crippen LogP contribution in [0.1, 0.15) is 30.3 Å². The van der Waals surface area contributed by atoms with Gasteiger partial charge in [-0.15, -0.1) is 10.2 Å². The van der Waals surface area contributed by atoms with E-state index in [1.165, 1.54) is 0 Å². The van der Waals surface area contributed by atoms with Gasteiger partial charge in [0.15, 0.2) is 11.2 Å². The van der Waals surface area contributed by atoms with Crippen LogP contribution in [0.3, 0.4) is 0 Å². The lowest BCUT2D eigenvalue weighted by Gasteiger charge is -2.08. The van der Waals surface area contributed by atoms with Gasteiger partial charge in [0.25, 0.3) is 0 Å². The first-order valence-corrected chi connectivity index (χ1v) is 6.17. The van der Waals surface area contributed by atoms with Crippen LogP contribution in [0.4, 0.5) is 0 Å². The number of fused-ring (bicyclic) bond motifs is 1. The monoisotopic (exact) mass is 236 g/mol. The fourth-order valence-electron chi connectivity index (χ4n) is 1.70. The summed E-state index contributed by atoms with van der Waals surface area (Å²) < 4.78 is 7.33. The molecule has 1 N–H and O–H groups in total. The summed E-state index contributed by atoms with van der Waals surface area (Å²) in [5.74, 6) is 1.90. The molecule has 5 nitrogen and oxygen atoms in total. The van der Waals surface area contributed by atoms with Gasteiger partial charge in [0.2, 0.25) is 5.16 Å². The molecule has 1 aliphatic rings. The van der Waals surface area contributed by atoms with Crippen molar-refractivity contribution >= 4 is 11.8 Å². The molecule has 0 spiro atoms. The van der Waals surface area contributed by atoms with Crippen LogP contribution in [0, 0.1) is 0 Å². The number of rotatable bonds is 3. The molecule has 0 radical (unpaired) electrons. The first-order valence-electron chi connectivity index (χ1n) is 5.29. The molecule has 6 heteroatoms. The largest absolute Gasteiger partial charge is 0.466 e. The third-order valence-electron chi connectivity index (χ3n) is 2.45. The number of hydrogen-bond acceptors (Lipinski definition) is 5. The Morgan fingerprint density at radius 2 is 2.50 bits per heavy atom. The summed E-state index contributed by atoms with van der Waals surface area (Å²) in [6, 6.07) is 3.86. The molecular formula is C10H12N4OS. The Labute approximate surface area is 97.2 Å². The van der Waals surface area contributed by atoms with Crippen molar-refractivity contribution < 1.29 is 4.42 Å². The fourth-order valence-corrected chi connectivity index (χ4v) is 2.67. The van der Waals surface area contributed by atoms with Crippen molar-refractivity contribution in [3.8, 4) is 0 Å². The van der Waals surface area contributed by atoms with Crippen LogP contribution in [0.5, 0.6) is 0 Å². The molecule has 16 heavy (non-hydrogen) atoms. The number of aromatic nitrogens is 3. The van der Waals surface area contributed by atoms with Crippen LogP contribution >= 0.6 is 11.8 Å². The molecule has 0 saturated carbocycles. The number of furan rings is 1. The first-order chi connectivity index (χ1) is 7.88. The third-order valence-corrected chi connectivity index (χ3v) is 3.49. The average Bonchev–Trinajstić information content (AvgIpc) is 2.93. The zero-order chi connectivity index (χ0) is 11.0. The average molecular weight is 236 g/mol. The van der Waals surface area contributed by atoms with Gasteiger partial charge >= 0.3 is 0 Å². The highest BCUT2D eigenvalue weighted by atomic mass is 32.2. The smallest absolute Gasteiger partial charge is 0.212 e. The number of nitrogens with zero attached hydrogens (tertiary/aromatic N) is 3. The van der Waals surface area contributed by atoms with Crippen LogP contribution in [0.25, 0.3) is 0 Å². The van der Waals surface area contributed by atoms with E-state index in [-0.39, 0.29) is 5.37 Å². The van der Waals surface area contributed by atoms with Crippen molar-refractivity contribution in [2.24, 2.45) is 0 Å². The van der Waals surface area contributed by atoms with E-state index in [1.807, 2.05) is 16.8 Å². The van der Waals surface area contributed by atoms with Crippen molar-refractivity contribution in [1.82, 2.24) is 14.9 Å². The molecule has 1 atom stereocenters. The van der Waals surface area contributed by atoms with Crippen LogP contribution in [0.2, 0.25) is 0 Å². The minimum atomic E-state index is 0.108. The lowest BCUT2D eigenvalue weighted by Crippen LogP contribution is -2.15. The van der Waals surface area contributed by atoms with Gasteiger partial charge in [0, 0.05) is 6.42 Å². The van der Waals surface area contributed by atoms with Crippen molar-refractivity contribution in [1.29, 1.82) is 0 Å². The van der Waals surface area contributed by atoms with Gasteiger partial charge in [0.05, 0.1) is 6.26 Å². The second-order valence-electron chi connectivity index (χ2n) is 3.63. The summed E-state index contributed by atoms with van der Waals surface area (Å²) in [6.07, 6.45) is 3.69. The van der Waals surface area contributed by atoms with Crippen molar-refractivity contribution in [2.75, 3.05) is 5.43 Å². The lowest BCUT2D eigenvalue weighted by molar-refractivity contribution is 0.507. The Morgan fingerprint density at radius 3 is 3.25 bits per heavy atom. The van der Waals surface area contributed by atoms with E-state index in [0.717, 1.165) is 29.6 Å². The minimum absolute atomic E-state index is 0.108. The Kier molecular flexibility index (Phi) is 2.36. The van der Waals surface area contributed by atoms with Gasteiger partial charge in [-0.05, 0) is 30.3 Å². The van der Waals surface area contributed by atoms with E-state index in [9.17, 15) is 0 Å². The van der Waals surface area contributed by atoms with Gasteiger partial charge in [-0.2, -0.15) is 0 Å². The van der Waals surface area contributed by atoms with Gasteiger partial charge in [-0.1, -0.05) is 6.92 Å². The van der Waals surface area contributed by atoms with E-state index < -0.39 is 0 Å². The Morgan fingerprint density at radius 1 is 1.56 bits per heavy atom. The molecule has 0 saturated heterocycles. The summed E-state index contributed by atoms with van der Waals surface area (Å²) in [7, 11) is 0. The molecule has 0 aromatic carbocycles. The van der Waals surface area contributed by atoms with Crippen molar-refractivity contribution in [2.45, 2.75) is 30.3 Å². The van der Waals surface area contributed by atoms with Crippen molar-refractivity contribution in [3.05, 3.63) is 30.0 Å². The summed E-state index contributed by atoms with van der Waals surface area (Å²) >= 11 is 1.63. The molecule has 0 aliphatic carbocycles. The molecule has 0 bridgehead atoms. The molecule has 3 rings (SSSR count). The number of hydrogen-bond donors (Lipinski definition) is 1. The van der Waals surface area contributed by atoms with Crippen LogP contribution < -0.4 is 5.43 Å². The summed E-state index contributed by atoms with van der Waals surface area (Å²) in [5.41, 5.74) is 3.33. The molecule has 2 aromatic rings. The molecule has 0 amide bonds. The molecule has 2 aromatic heterocycles. The molecular weight excluding hydrogens is 224 g/mol. The number of aryl methyl sites for hydroxylation is 1. The van der Waals surface area contributed by atoms with Gasteiger partial charge in [-0.3, -0.25) is 0 Å². The molecule has 1 aliphatic heterocycles. The molecule has 3 heterocycles. The predicted octanol–water partition coefficient (Wildman–Crippen LogP) is 2.17. The maximum Gasteiger partial charge on any atom is 0.212 e. The van der Waals surface area contributed by atoms with E-state index >= 15 is 0 Å². The molecule has 0 fully saturated rings. The highest BCUT2D eigenvalue weighted by Crippen LogP contribution is 2.38. The Bertz CT molecular complexity index is 479. The van der Waals surface area contributed by atoms with Crippen molar-refractivity contribution in [3.63, 3.8) is 0 Å². The predicted molar refractivity (Wildman–Crippen MR) is 60.7 cm³/mol. The van der Waals surface area contributed by atoms with E-state index in [2.05, 4.69) is 22.5 Å². The number of nitrogens with one attached hydrogen (secondary N) is 1. The summed E-state index contributed by atoms with van der Waals surface area (Å²) in [6.45, 7) is 2.13. The topological polar surface area (TPSA) is 55.9 Å². The van der Waals surface area contributed by atoms with E-state index in [1.54, 1.807) is 18.0 Å². The highest BCUT2D eigenvalue weighted by molar-refractivity contribution is 7.99. The van der Waals surface area contributed by atoms with Crippen LogP contribution in [0.15, 0.2) is 28.0 Å². The normalized spacial score (nSPS) is 18.4. The molecule has 0 unspecified atom stereocenters. The standard InChI is InChI=1S/C10H12N4OS/c1-2-4-8-11-12-10-14(8)13-9(16-10)7-5-3-6-15-7/h3,5-6,9,13H,2,4H2,1H3/t9-/m1/s1. The van der Waals surface area contributed by atoms with Gasteiger partial charge in [0.1, 0.15) is 5.76 Å². The first kappa shape index (κ1) is 9.77. The number of thioether (sulfide) groups is 1. The van der Waals surface area contributed by atoms with E-state index in [0.29, 0.717) is 0 Å². The molecule has 84 valence electrons. The van der Waals surface area contributed by atoms with Gasteiger partial charge < -0.3 is 9.84 Å². The van der Waals surface area contributed by atoms with Crippen LogP contribution in [-0.2, 0) is 6.42 Å². The third kappa shape index (κ3) is 1.49. The second kappa shape index (κ2) is 3.86. The Hall–Kier alpha value is -1.43. The highest BCUT2D eigenvalue weighted by Gasteiger charge is 2.28. The minimum Gasteiger partial charge on any atom is -0.466 e. The second-order valence-corrected chi connectivity index (χ2v) is 4.70. The summed E-state index contributed by atoms with van der Waals surface area (Å²) in [5, 5.41) is 9.30. The quantitative estimate of drug-likeness (QED) is 0.885. The summed E-state index contributed by atoms with van der Waals surface area (Å²) in [4.78, 5) is 0. The fraction of sp³-hybridized carbons (Fsp3) is 0.400. The SMILES string of the molecule is CCCc1nnc2n1N[C@@H](c1ccco1)S2. The zero-order valence-corrected chi connectivity index (χ0v) is 9.70. The van der Waals surface area contributed by atoms with E-state index in [4.69, 9.17) is 4.42 Å². The lowest BCUT2D eigenvalue weighted by atomic mass is 10.3. The Balaban J connectivity index is 1.84. The van der Waals surface area contributed by atoms with Crippen LogP contribution in [-0.4, -0.2) is 14.9 Å². The van der Waals surface area contributed by atoms with Gasteiger partial charge in [-0.25, -0.2) is 4.68 Å².